The standard InChI is InChI=1S/C14H13FN2O2/c1-16-13(18)12-3-2-8-17(14(12)19)9-10-4-6-11(15)7-5-10/h2-8H,9H2,1H3,(H,16,18). The quantitative estimate of drug-likeness (QED) is 0.906. The molecule has 1 N–H and O–H groups in total. The largest absolute Gasteiger partial charge is 0.355 e. The van der Waals surface area contributed by atoms with E-state index in [4.69, 9.17) is 0 Å². The van der Waals surface area contributed by atoms with Crippen molar-refractivity contribution in [2.75, 3.05) is 7.05 Å². The zero-order valence-electron chi connectivity index (χ0n) is 10.4. The van der Waals surface area contributed by atoms with Gasteiger partial charge in [-0.15, -0.1) is 0 Å². The van der Waals surface area contributed by atoms with Crippen molar-refractivity contribution in [1.82, 2.24) is 9.88 Å². The van der Waals surface area contributed by atoms with Gasteiger partial charge in [-0.25, -0.2) is 4.39 Å². The van der Waals surface area contributed by atoms with Crippen LogP contribution in [-0.4, -0.2) is 17.5 Å². The molecular weight excluding hydrogens is 247 g/mol. The number of pyridine rings is 1. The van der Waals surface area contributed by atoms with Crippen LogP contribution in [0.4, 0.5) is 4.39 Å². The van der Waals surface area contributed by atoms with Gasteiger partial charge in [0.1, 0.15) is 11.4 Å². The summed E-state index contributed by atoms with van der Waals surface area (Å²) in [6.45, 7) is 0.296. The summed E-state index contributed by atoms with van der Waals surface area (Å²) in [6, 6.07) is 8.99. The van der Waals surface area contributed by atoms with Gasteiger partial charge in [0.15, 0.2) is 0 Å². The number of amides is 1. The summed E-state index contributed by atoms with van der Waals surface area (Å²) in [7, 11) is 1.47. The molecule has 4 nitrogen and oxygen atoms in total. The molecular formula is C14H13FN2O2. The van der Waals surface area contributed by atoms with Crippen molar-refractivity contribution in [2.45, 2.75) is 6.54 Å². The van der Waals surface area contributed by atoms with Crippen LogP contribution in [0.5, 0.6) is 0 Å². The average molecular weight is 260 g/mol. The molecule has 1 amide bonds. The van der Waals surface area contributed by atoms with Crippen molar-refractivity contribution in [2.24, 2.45) is 0 Å². The maximum atomic E-state index is 12.8. The van der Waals surface area contributed by atoms with Crippen LogP contribution >= 0.6 is 0 Å². The molecule has 1 heterocycles. The summed E-state index contributed by atoms with van der Waals surface area (Å²) in [4.78, 5) is 23.6. The van der Waals surface area contributed by atoms with Crippen LogP contribution in [0.3, 0.4) is 0 Å². The highest BCUT2D eigenvalue weighted by Gasteiger charge is 2.10. The van der Waals surface area contributed by atoms with E-state index in [1.807, 2.05) is 0 Å². The summed E-state index contributed by atoms with van der Waals surface area (Å²) in [6.07, 6.45) is 1.60. The third-order valence-electron chi connectivity index (χ3n) is 2.76. The Labute approximate surface area is 109 Å². The van der Waals surface area contributed by atoms with Crippen molar-refractivity contribution >= 4 is 5.91 Å². The molecule has 0 saturated carbocycles. The Hall–Kier alpha value is -2.43. The third-order valence-corrected chi connectivity index (χ3v) is 2.76. The number of hydrogen-bond donors (Lipinski definition) is 1. The predicted molar refractivity (Wildman–Crippen MR) is 69.6 cm³/mol. The topological polar surface area (TPSA) is 51.1 Å². The fourth-order valence-electron chi connectivity index (χ4n) is 1.76. The summed E-state index contributed by atoms with van der Waals surface area (Å²) in [5, 5.41) is 2.42. The van der Waals surface area contributed by atoms with Gasteiger partial charge in [-0.1, -0.05) is 12.1 Å². The molecule has 5 heteroatoms. The molecule has 0 aliphatic carbocycles. The Morgan fingerprint density at radius 1 is 1.26 bits per heavy atom. The molecule has 0 saturated heterocycles. The number of aromatic nitrogens is 1. The number of hydrogen-bond acceptors (Lipinski definition) is 2. The zero-order chi connectivity index (χ0) is 13.8. The number of rotatable bonds is 3. The van der Waals surface area contributed by atoms with Gasteiger partial charge in [-0.05, 0) is 29.8 Å². The van der Waals surface area contributed by atoms with E-state index in [1.165, 1.54) is 29.8 Å². The Balaban J connectivity index is 2.33. The van der Waals surface area contributed by atoms with Gasteiger partial charge < -0.3 is 9.88 Å². The second kappa shape index (κ2) is 5.48. The lowest BCUT2D eigenvalue weighted by Gasteiger charge is -2.07. The van der Waals surface area contributed by atoms with Crippen molar-refractivity contribution in [3.63, 3.8) is 0 Å². The van der Waals surface area contributed by atoms with E-state index < -0.39 is 5.91 Å². The molecule has 0 radical (unpaired) electrons. The molecule has 0 atom stereocenters. The lowest BCUT2D eigenvalue weighted by atomic mass is 10.2. The molecule has 1 aromatic heterocycles. The predicted octanol–water partition coefficient (Wildman–Crippen LogP) is 1.40. The molecule has 0 bridgehead atoms. The molecule has 0 unspecified atom stereocenters. The zero-order valence-corrected chi connectivity index (χ0v) is 10.4. The van der Waals surface area contributed by atoms with E-state index in [1.54, 1.807) is 24.4 Å². The van der Waals surface area contributed by atoms with Crippen molar-refractivity contribution in [1.29, 1.82) is 0 Å². The highest BCUT2D eigenvalue weighted by Crippen LogP contribution is 2.04. The van der Waals surface area contributed by atoms with Gasteiger partial charge in [-0.2, -0.15) is 0 Å². The monoisotopic (exact) mass is 260 g/mol. The Bertz CT molecular complexity index is 647. The molecule has 2 aromatic rings. The fourth-order valence-corrected chi connectivity index (χ4v) is 1.76. The van der Waals surface area contributed by atoms with Crippen LogP contribution in [0, 0.1) is 5.82 Å². The van der Waals surface area contributed by atoms with Crippen LogP contribution in [0.2, 0.25) is 0 Å². The van der Waals surface area contributed by atoms with Crippen molar-refractivity contribution < 1.29 is 9.18 Å². The van der Waals surface area contributed by atoms with E-state index in [-0.39, 0.29) is 16.9 Å². The van der Waals surface area contributed by atoms with Crippen LogP contribution in [-0.2, 0) is 6.54 Å². The maximum absolute atomic E-state index is 12.8. The minimum absolute atomic E-state index is 0.0899. The first-order valence-corrected chi connectivity index (χ1v) is 5.78. The van der Waals surface area contributed by atoms with E-state index in [0.29, 0.717) is 6.54 Å². The average Bonchev–Trinajstić information content (AvgIpc) is 2.43. The van der Waals surface area contributed by atoms with E-state index in [9.17, 15) is 14.0 Å². The molecule has 0 aliphatic rings. The van der Waals surface area contributed by atoms with Gasteiger partial charge >= 0.3 is 0 Å². The molecule has 0 fully saturated rings. The number of nitrogens with zero attached hydrogens (tertiary/aromatic N) is 1. The van der Waals surface area contributed by atoms with Crippen molar-refractivity contribution in [3.05, 3.63) is 69.9 Å². The van der Waals surface area contributed by atoms with Gasteiger partial charge in [0.05, 0.1) is 6.54 Å². The number of halogens is 1. The first kappa shape index (κ1) is 13.0. The highest BCUT2D eigenvalue weighted by molar-refractivity contribution is 5.93. The first-order valence-electron chi connectivity index (χ1n) is 5.78. The third kappa shape index (κ3) is 2.88. The second-order valence-electron chi connectivity index (χ2n) is 4.06. The number of benzene rings is 1. The van der Waals surface area contributed by atoms with E-state index in [2.05, 4.69) is 5.32 Å². The van der Waals surface area contributed by atoms with Crippen LogP contribution < -0.4 is 10.9 Å². The van der Waals surface area contributed by atoms with Crippen molar-refractivity contribution in [3.8, 4) is 0 Å². The SMILES string of the molecule is CNC(=O)c1cccn(Cc2ccc(F)cc2)c1=O. The normalized spacial score (nSPS) is 10.2. The Morgan fingerprint density at radius 3 is 2.58 bits per heavy atom. The highest BCUT2D eigenvalue weighted by atomic mass is 19.1. The summed E-state index contributed by atoms with van der Waals surface area (Å²) in [5.41, 5.74) is 0.510. The molecule has 2 rings (SSSR count). The van der Waals surface area contributed by atoms with Gasteiger partial charge in [0.2, 0.25) is 0 Å². The van der Waals surface area contributed by atoms with Crippen LogP contribution in [0.15, 0.2) is 47.4 Å². The molecule has 98 valence electrons. The van der Waals surface area contributed by atoms with Gasteiger partial charge in [0, 0.05) is 13.2 Å². The molecule has 1 aromatic carbocycles. The van der Waals surface area contributed by atoms with Gasteiger partial charge in [0.25, 0.3) is 11.5 Å². The fraction of sp³-hybridized carbons (Fsp3) is 0.143. The first-order chi connectivity index (χ1) is 9.11. The summed E-state index contributed by atoms with van der Waals surface area (Å²) in [5.74, 6) is -0.742. The second-order valence-corrected chi connectivity index (χ2v) is 4.06. The summed E-state index contributed by atoms with van der Waals surface area (Å²) >= 11 is 0. The molecule has 0 spiro atoms. The van der Waals surface area contributed by atoms with Crippen LogP contribution in [0.1, 0.15) is 15.9 Å². The lowest BCUT2D eigenvalue weighted by molar-refractivity contribution is 0.0961. The Morgan fingerprint density at radius 2 is 1.95 bits per heavy atom. The smallest absolute Gasteiger partial charge is 0.263 e. The number of nitrogens with one attached hydrogen (secondary N) is 1. The van der Waals surface area contributed by atoms with E-state index >= 15 is 0 Å². The minimum Gasteiger partial charge on any atom is -0.355 e. The lowest BCUT2D eigenvalue weighted by Crippen LogP contribution is -2.31. The maximum Gasteiger partial charge on any atom is 0.263 e. The van der Waals surface area contributed by atoms with Crippen LogP contribution in [0.25, 0.3) is 0 Å². The summed E-state index contributed by atoms with van der Waals surface area (Å²) < 4.78 is 14.2. The number of carbonyl (C=O) groups is 1. The van der Waals surface area contributed by atoms with E-state index in [0.717, 1.165) is 5.56 Å². The van der Waals surface area contributed by atoms with Gasteiger partial charge in [-0.3, -0.25) is 9.59 Å². The number of carbonyl (C=O) groups excluding carboxylic acids is 1. The Kier molecular flexibility index (Phi) is 3.75. The molecule has 0 aliphatic heterocycles. The minimum atomic E-state index is -0.418. The molecule has 19 heavy (non-hydrogen) atoms.